The number of anilines is 1. The van der Waals surface area contributed by atoms with E-state index in [0.717, 1.165) is 12.8 Å². The highest BCUT2D eigenvalue weighted by Gasteiger charge is 2.43. The number of hydrogen-bond donors (Lipinski definition) is 2. The molecule has 1 aromatic rings. The first-order valence-corrected chi connectivity index (χ1v) is 10.6. The molecule has 0 aliphatic carbocycles. The lowest BCUT2D eigenvalue weighted by molar-refractivity contribution is 0.00337. The fourth-order valence-electron chi connectivity index (χ4n) is 3.28. The van der Waals surface area contributed by atoms with Gasteiger partial charge in [0, 0.05) is 18.1 Å². The highest BCUT2D eigenvalue weighted by molar-refractivity contribution is 7.89. The number of sulfonamides is 1. The number of primary sulfonamides is 1. The van der Waals surface area contributed by atoms with Crippen molar-refractivity contribution in [2.24, 2.45) is 5.14 Å². The van der Waals surface area contributed by atoms with Crippen LogP contribution in [0.4, 0.5) is 10.6 Å². The first-order valence-electron chi connectivity index (χ1n) is 9.06. The number of rotatable bonds is 5. The van der Waals surface area contributed by atoms with E-state index in [4.69, 9.17) is 9.88 Å². The highest BCUT2D eigenvalue weighted by atomic mass is 32.2. The van der Waals surface area contributed by atoms with E-state index in [0.29, 0.717) is 18.8 Å². The molecule has 1 atom stereocenters. The maximum absolute atomic E-state index is 12.7. The molecule has 1 unspecified atom stereocenters. The summed E-state index contributed by atoms with van der Waals surface area (Å²) in [6, 6.07) is 4.66. The van der Waals surface area contributed by atoms with Crippen LogP contribution in [0.1, 0.15) is 53.9 Å². The standard InChI is InChI=1S/C18H30N4O4S/c1-17(2,3)26-16(23)22-13(9-11-18(22,4)5)10-12-20-14-7-6-8-15(21-14)27(19,24)25/h6-8,13H,9-12H2,1-5H3,(H,20,21)(H2,19,24,25). The molecule has 0 radical (unpaired) electrons. The molecule has 27 heavy (non-hydrogen) atoms. The first-order chi connectivity index (χ1) is 12.3. The minimum Gasteiger partial charge on any atom is -0.444 e. The SMILES string of the molecule is CC(C)(C)OC(=O)N1C(CCNc2cccc(S(N)(=O)=O)n2)CCC1(C)C. The van der Waals surface area contributed by atoms with E-state index >= 15 is 0 Å². The van der Waals surface area contributed by atoms with Gasteiger partial charge in [0.1, 0.15) is 11.4 Å². The molecule has 1 fully saturated rings. The van der Waals surface area contributed by atoms with Gasteiger partial charge in [0.15, 0.2) is 5.03 Å². The van der Waals surface area contributed by atoms with Gasteiger partial charge < -0.3 is 15.0 Å². The Hall–Kier alpha value is -1.87. The Morgan fingerprint density at radius 2 is 2.07 bits per heavy atom. The number of aromatic nitrogens is 1. The lowest BCUT2D eigenvalue weighted by Crippen LogP contribution is -2.49. The summed E-state index contributed by atoms with van der Waals surface area (Å²) < 4.78 is 28.4. The number of nitrogens with two attached hydrogens (primary N) is 1. The number of nitrogens with zero attached hydrogens (tertiary/aromatic N) is 2. The van der Waals surface area contributed by atoms with Crippen LogP contribution in [-0.2, 0) is 14.8 Å². The molecule has 0 aromatic carbocycles. The highest BCUT2D eigenvalue weighted by Crippen LogP contribution is 2.36. The molecular formula is C18H30N4O4S. The van der Waals surface area contributed by atoms with Crippen LogP contribution in [0.2, 0.25) is 0 Å². The van der Waals surface area contributed by atoms with Gasteiger partial charge >= 0.3 is 6.09 Å². The number of pyridine rings is 1. The van der Waals surface area contributed by atoms with Crippen molar-refractivity contribution < 1.29 is 17.9 Å². The van der Waals surface area contributed by atoms with Crippen molar-refractivity contribution >= 4 is 21.9 Å². The topological polar surface area (TPSA) is 115 Å². The number of carbonyl (C=O) groups excluding carboxylic acids is 1. The summed E-state index contributed by atoms with van der Waals surface area (Å²) in [6.45, 7) is 10.2. The molecule has 1 saturated heterocycles. The van der Waals surface area contributed by atoms with Crippen molar-refractivity contribution in [2.45, 2.75) is 76.1 Å². The quantitative estimate of drug-likeness (QED) is 0.788. The van der Waals surface area contributed by atoms with Crippen molar-refractivity contribution in [3.8, 4) is 0 Å². The Balaban J connectivity index is 2.01. The minimum atomic E-state index is -3.84. The van der Waals surface area contributed by atoms with Crippen molar-refractivity contribution in [1.29, 1.82) is 0 Å². The fraction of sp³-hybridized carbons (Fsp3) is 0.667. The van der Waals surface area contributed by atoms with E-state index in [1.54, 1.807) is 12.1 Å². The van der Waals surface area contributed by atoms with E-state index in [9.17, 15) is 13.2 Å². The van der Waals surface area contributed by atoms with Crippen LogP contribution >= 0.6 is 0 Å². The second-order valence-corrected chi connectivity index (χ2v) is 9.99. The van der Waals surface area contributed by atoms with Crippen LogP contribution in [0.15, 0.2) is 23.2 Å². The smallest absolute Gasteiger partial charge is 0.410 e. The monoisotopic (exact) mass is 398 g/mol. The molecule has 0 saturated carbocycles. The number of likely N-dealkylation sites (tertiary alicyclic amines) is 1. The Labute approximate surface area is 161 Å². The van der Waals surface area contributed by atoms with Crippen LogP contribution in [0, 0.1) is 0 Å². The van der Waals surface area contributed by atoms with Crippen molar-refractivity contribution in [3.63, 3.8) is 0 Å². The minimum absolute atomic E-state index is 0.0452. The second kappa shape index (κ2) is 7.63. The van der Waals surface area contributed by atoms with Gasteiger partial charge in [0.05, 0.1) is 0 Å². The summed E-state index contributed by atoms with van der Waals surface area (Å²) >= 11 is 0. The molecule has 1 aliphatic heterocycles. The molecule has 0 spiro atoms. The summed E-state index contributed by atoms with van der Waals surface area (Å²) in [7, 11) is -3.84. The normalized spacial score (nSPS) is 19.8. The zero-order valence-corrected chi connectivity index (χ0v) is 17.5. The Bertz CT molecular complexity index is 787. The third-order valence-electron chi connectivity index (χ3n) is 4.50. The first kappa shape index (κ1) is 21.4. The average Bonchev–Trinajstić information content (AvgIpc) is 2.80. The van der Waals surface area contributed by atoms with E-state index in [2.05, 4.69) is 10.3 Å². The Kier molecular flexibility index (Phi) is 6.06. The van der Waals surface area contributed by atoms with Gasteiger partial charge in [-0.3, -0.25) is 0 Å². The van der Waals surface area contributed by atoms with Crippen molar-refractivity contribution in [3.05, 3.63) is 18.2 Å². The van der Waals surface area contributed by atoms with Crippen LogP contribution in [0.5, 0.6) is 0 Å². The molecule has 0 bridgehead atoms. The molecule has 1 aromatic heterocycles. The number of amides is 1. The molecule has 2 heterocycles. The van der Waals surface area contributed by atoms with E-state index in [1.807, 2.05) is 39.5 Å². The number of nitrogens with one attached hydrogen (secondary N) is 1. The predicted molar refractivity (Wildman–Crippen MR) is 104 cm³/mol. The van der Waals surface area contributed by atoms with Gasteiger partial charge in [-0.2, -0.15) is 0 Å². The van der Waals surface area contributed by atoms with Gasteiger partial charge in [-0.05, 0) is 66.0 Å². The van der Waals surface area contributed by atoms with E-state index in [1.165, 1.54) is 6.07 Å². The molecule has 152 valence electrons. The van der Waals surface area contributed by atoms with Crippen LogP contribution < -0.4 is 10.5 Å². The number of hydrogen-bond acceptors (Lipinski definition) is 6. The molecule has 3 N–H and O–H groups in total. The largest absolute Gasteiger partial charge is 0.444 e. The third kappa shape index (κ3) is 5.80. The lowest BCUT2D eigenvalue weighted by Gasteiger charge is -2.37. The third-order valence-corrected chi connectivity index (χ3v) is 5.31. The summed E-state index contributed by atoms with van der Waals surface area (Å²) in [4.78, 5) is 18.5. The van der Waals surface area contributed by atoms with Gasteiger partial charge in [0.25, 0.3) is 10.0 Å². The van der Waals surface area contributed by atoms with Gasteiger partial charge in [-0.15, -0.1) is 0 Å². The second-order valence-electron chi connectivity index (χ2n) is 8.48. The zero-order chi connectivity index (χ0) is 20.5. The Morgan fingerprint density at radius 3 is 2.67 bits per heavy atom. The van der Waals surface area contributed by atoms with Gasteiger partial charge in [0.2, 0.25) is 0 Å². The molecular weight excluding hydrogens is 368 g/mol. The molecule has 8 nitrogen and oxygen atoms in total. The molecule has 9 heteroatoms. The lowest BCUT2D eigenvalue weighted by atomic mass is 10.0. The zero-order valence-electron chi connectivity index (χ0n) is 16.7. The maximum Gasteiger partial charge on any atom is 0.410 e. The summed E-state index contributed by atoms with van der Waals surface area (Å²) in [6.07, 6.45) is 2.18. The van der Waals surface area contributed by atoms with Crippen molar-refractivity contribution in [1.82, 2.24) is 9.88 Å². The van der Waals surface area contributed by atoms with Crippen LogP contribution in [0.3, 0.4) is 0 Å². The molecule has 1 aliphatic rings. The maximum atomic E-state index is 12.7. The predicted octanol–water partition coefficient (Wildman–Crippen LogP) is 2.71. The van der Waals surface area contributed by atoms with Crippen molar-refractivity contribution in [2.75, 3.05) is 11.9 Å². The molecule has 2 rings (SSSR count). The summed E-state index contributed by atoms with van der Waals surface area (Å²) in [5.41, 5.74) is -0.810. The fourth-order valence-corrected chi connectivity index (χ4v) is 3.78. The summed E-state index contributed by atoms with van der Waals surface area (Å²) in [5, 5.41) is 8.04. The number of ether oxygens (including phenoxy) is 1. The van der Waals surface area contributed by atoms with E-state index in [-0.39, 0.29) is 22.7 Å². The molecule has 1 amide bonds. The van der Waals surface area contributed by atoms with Crippen LogP contribution in [-0.4, -0.2) is 48.1 Å². The Morgan fingerprint density at radius 1 is 1.41 bits per heavy atom. The average molecular weight is 399 g/mol. The number of carbonyl (C=O) groups is 1. The van der Waals surface area contributed by atoms with E-state index < -0.39 is 15.6 Å². The summed E-state index contributed by atoms with van der Waals surface area (Å²) in [5.74, 6) is 0.433. The van der Waals surface area contributed by atoms with Gasteiger partial charge in [-0.25, -0.2) is 23.3 Å². The van der Waals surface area contributed by atoms with Crippen LogP contribution in [0.25, 0.3) is 0 Å². The van der Waals surface area contributed by atoms with Gasteiger partial charge in [-0.1, -0.05) is 6.07 Å².